The van der Waals surface area contributed by atoms with E-state index in [9.17, 15) is 18.5 Å². The highest BCUT2D eigenvalue weighted by atomic mass is 79.9. The van der Waals surface area contributed by atoms with E-state index >= 15 is 0 Å². The van der Waals surface area contributed by atoms with Crippen LogP contribution >= 0.6 is 15.9 Å². The maximum atomic E-state index is 14.1. The van der Waals surface area contributed by atoms with E-state index < -0.39 is 33.1 Å². The fourth-order valence-corrected chi connectivity index (χ4v) is 3.09. The Morgan fingerprint density at radius 3 is 2.43 bits per heavy atom. The van der Waals surface area contributed by atoms with E-state index in [0.29, 0.717) is 4.47 Å². The molecule has 0 saturated heterocycles. The van der Waals surface area contributed by atoms with Crippen molar-refractivity contribution in [3.8, 4) is 0 Å². The van der Waals surface area contributed by atoms with Gasteiger partial charge in [-0.05, 0) is 45.4 Å². The number of nitrogens with one attached hydrogen (secondary N) is 1. The van der Waals surface area contributed by atoms with Crippen molar-refractivity contribution in [3.63, 3.8) is 0 Å². The molecule has 0 radical (unpaired) electrons. The van der Waals surface area contributed by atoms with Crippen LogP contribution in [0.4, 0.5) is 4.39 Å². The number of carboxylic acids is 1. The summed E-state index contributed by atoms with van der Waals surface area (Å²) in [7, 11) is -1.66. The first-order valence-electron chi connectivity index (χ1n) is 6.43. The largest absolute Gasteiger partial charge is 0.480 e. The van der Waals surface area contributed by atoms with Gasteiger partial charge in [-0.1, -0.05) is 22.9 Å². The molecule has 0 saturated carbocycles. The molecule has 118 valence electrons. The van der Waals surface area contributed by atoms with Crippen LogP contribution in [0.3, 0.4) is 0 Å². The van der Waals surface area contributed by atoms with Crippen molar-refractivity contribution < 1.29 is 18.5 Å². The fraction of sp³-hybridized carbons (Fsp3) is 0.500. The summed E-state index contributed by atoms with van der Waals surface area (Å²) in [5.41, 5.74) is -1.78. The summed E-state index contributed by atoms with van der Waals surface area (Å²) in [4.78, 5) is 11.8. The molecule has 7 heteroatoms. The Morgan fingerprint density at radius 1 is 1.43 bits per heavy atom. The van der Waals surface area contributed by atoms with Crippen molar-refractivity contribution in [3.05, 3.63) is 34.1 Å². The van der Waals surface area contributed by atoms with Crippen molar-refractivity contribution in [2.75, 3.05) is 0 Å². The number of halogens is 2. The molecule has 21 heavy (non-hydrogen) atoms. The summed E-state index contributed by atoms with van der Waals surface area (Å²) in [6.45, 7) is 6.77. The Balaban J connectivity index is 3.44. The normalized spacial score (nSPS) is 16.3. The number of hydrogen-bond donors (Lipinski definition) is 2. The maximum absolute atomic E-state index is 14.1. The molecular weight excluding hydrogens is 361 g/mol. The lowest BCUT2D eigenvalue weighted by atomic mass is 9.88. The Kier molecular flexibility index (Phi) is 5.69. The van der Waals surface area contributed by atoms with Crippen LogP contribution in [0, 0.1) is 5.82 Å². The molecule has 0 spiro atoms. The van der Waals surface area contributed by atoms with Gasteiger partial charge in [0.25, 0.3) is 0 Å². The fourth-order valence-electron chi connectivity index (χ4n) is 1.76. The highest BCUT2D eigenvalue weighted by molar-refractivity contribution is 9.10. The van der Waals surface area contributed by atoms with Gasteiger partial charge in [-0.15, -0.1) is 0 Å². The molecule has 0 aliphatic heterocycles. The lowest BCUT2D eigenvalue weighted by Gasteiger charge is -2.32. The quantitative estimate of drug-likeness (QED) is 0.824. The Morgan fingerprint density at radius 2 is 2.00 bits per heavy atom. The van der Waals surface area contributed by atoms with Gasteiger partial charge >= 0.3 is 5.97 Å². The first-order chi connectivity index (χ1) is 9.54. The first kappa shape index (κ1) is 18.3. The Bertz CT molecular complexity index is 574. The molecule has 2 atom stereocenters. The summed E-state index contributed by atoms with van der Waals surface area (Å²) in [6.07, 6.45) is 0.0531. The van der Waals surface area contributed by atoms with Crippen LogP contribution in [0.2, 0.25) is 0 Å². The summed E-state index contributed by atoms with van der Waals surface area (Å²) >= 11 is 3.21. The second kappa shape index (κ2) is 6.54. The first-order valence-corrected chi connectivity index (χ1v) is 8.37. The number of aliphatic carboxylic acids is 1. The van der Waals surface area contributed by atoms with Crippen LogP contribution in [0.15, 0.2) is 22.7 Å². The van der Waals surface area contributed by atoms with Crippen molar-refractivity contribution in [1.29, 1.82) is 0 Å². The number of carbonyl (C=O) groups is 1. The van der Waals surface area contributed by atoms with Crippen molar-refractivity contribution in [2.24, 2.45) is 0 Å². The van der Waals surface area contributed by atoms with Crippen LogP contribution in [0.25, 0.3) is 0 Å². The van der Waals surface area contributed by atoms with Crippen LogP contribution in [0.5, 0.6) is 0 Å². The summed E-state index contributed by atoms with van der Waals surface area (Å²) in [5, 5.41) is 9.63. The van der Waals surface area contributed by atoms with E-state index in [1.54, 1.807) is 27.7 Å². The second-order valence-electron chi connectivity index (χ2n) is 5.67. The van der Waals surface area contributed by atoms with Crippen molar-refractivity contribution in [1.82, 2.24) is 4.72 Å². The molecule has 0 bridgehead atoms. The average Bonchev–Trinajstić information content (AvgIpc) is 2.37. The van der Waals surface area contributed by atoms with Gasteiger partial charge in [0.2, 0.25) is 0 Å². The summed E-state index contributed by atoms with van der Waals surface area (Å²) in [6, 6.07) is 4.08. The highest BCUT2D eigenvalue weighted by Crippen LogP contribution is 2.32. The monoisotopic (exact) mass is 379 g/mol. The number of benzene rings is 1. The number of carboxylic acid groups (broad SMARTS) is 1. The lowest BCUT2D eigenvalue weighted by molar-refractivity contribution is -0.144. The Labute approximate surface area is 134 Å². The third-order valence-corrected chi connectivity index (χ3v) is 5.25. The van der Waals surface area contributed by atoms with E-state index in [4.69, 9.17) is 0 Å². The molecule has 0 aliphatic carbocycles. The zero-order valence-electron chi connectivity index (χ0n) is 12.4. The van der Waals surface area contributed by atoms with Gasteiger partial charge in [-0.3, -0.25) is 0 Å². The number of rotatable bonds is 5. The van der Waals surface area contributed by atoms with Crippen molar-refractivity contribution in [2.45, 2.75) is 44.4 Å². The van der Waals surface area contributed by atoms with E-state index in [2.05, 4.69) is 20.7 Å². The van der Waals surface area contributed by atoms with E-state index in [1.165, 1.54) is 18.2 Å². The van der Waals surface area contributed by atoms with Crippen LogP contribution in [-0.2, 0) is 21.3 Å². The Hall–Kier alpha value is -0.790. The molecule has 0 heterocycles. The molecule has 0 aliphatic rings. The van der Waals surface area contributed by atoms with Crippen LogP contribution < -0.4 is 4.72 Å². The minimum atomic E-state index is -1.74. The minimum Gasteiger partial charge on any atom is -0.480 e. The van der Waals surface area contributed by atoms with E-state index in [1.807, 2.05) is 0 Å². The van der Waals surface area contributed by atoms with E-state index in [-0.39, 0.29) is 12.0 Å². The molecule has 1 rings (SSSR count). The average molecular weight is 380 g/mol. The third-order valence-electron chi connectivity index (χ3n) is 3.11. The van der Waals surface area contributed by atoms with Gasteiger partial charge in [0.05, 0.1) is 15.7 Å². The predicted molar refractivity (Wildman–Crippen MR) is 84.7 cm³/mol. The topological polar surface area (TPSA) is 66.4 Å². The molecule has 0 aromatic heterocycles. The third kappa shape index (κ3) is 3.90. The zero-order valence-corrected chi connectivity index (χ0v) is 14.8. The van der Waals surface area contributed by atoms with Gasteiger partial charge in [0.1, 0.15) is 5.82 Å². The molecule has 4 nitrogen and oxygen atoms in total. The van der Waals surface area contributed by atoms with Crippen LogP contribution in [-0.4, -0.2) is 20.0 Å². The van der Waals surface area contributed by atoms with Crippen LogP contribution in [0.1, 0.15) is 39.7 Å². The summed E-state index contributed by atoms with van der Waals surface area (Å²) in [5.74, 6) is -1.92. The highest BCUT2D eigenvalue weighted by Gasteiger charge is 2.44. The van der Waals surface area contributed by atoms with Gasteiger partial charge in [0.15, 0.2) is 5.54 Å². The molecule has 2 unspecified atom stereocenters. The standard InChI is InChI=1S/C14H19BrFNO3S/c1-5-14(12(18)19,17-21(20)13(2,3)4)10-8-9(15)6-7-11(10)16/h6-8,17H,5H2,1-4H3,(H,18,19). The molecule has 0 fully saturated rings. The van der Waals surface area contributed by atoms with Gasteiger partial charge in [0, 0.05) is 10.0 Å². The molecule has 1 aromatic carbocycles. The van der Waals surface area contributed by atoms with E-state index in [0.717, 1.165) is 0 Å². The molecular formula is C14H19BrFNO3S. The maximum Gasteiger partial charge on any atom is 0.329 e. The van der Waals surface area contributed by atoms with Crippen molar-refractivity contribution >= 4 is 32.9 Å². The summed E-state index contributed by atoms with van der Waals surface area (Å²) < 4.78 is 29.0. The molecule has 0 amide bonds. The molecule has 2 N–H and O–H groups in total. The SMILES string of the molecule is CCC(NS(=O)C(C)(C)C)(C(=O)O)c1cc(Br)ccc1F. The number of hydrogen-bond acceptors (Lipinski definition) is 2. The lowest BCUT2D eigenvalue weighted by Crippen LogP contribution is -2.53. The predicted octanol–water partition coefficient (Wildman–Crippen LogP) is 3.33. The minimum absolute atomic E-state index is 0.0375. The van der Waals surface area contributed by atoms with Gasteiger partial charge < -0.3 is 5.11 Å². The second-order valence-corrected chi connectivity index (χ2v) is 8.55. The zero-order chi connectivity index (χ0) is 16.4. The molecule has 1 aromatic rings. The smallest absolute Gasteiger partial charge is 0.329 e. The van der Waals surface area contributed by atoms with Gasteiger partial charge in [-0.2, -0.15) is 0 Å². The van der Waals surface area contributed by atoms with Gasteiger partial charge in [-0.25, -0.2) is 18.1 Å².